The van der Waals surface area contributed by atoms with E-state index in [1.54, 1.807) is 6.92 Å². The topological polar surface area (TPSA) is 40.6 Å². The molecule has 4 nitrogen and oxygen atoms in total. The molecule has 1 saturated heterocycles. The molecule has 1 aromatic rings. The van der Waals surface area contributed by atoms with Gasteiger partial charge >= 0.3 is 0 Å². The Morgan fingerprint density at radius 2 is 1.92 bits per heavy atom. The second-order valence-corrected chi connectivity index (χ2v) is 7.03. The zero-order valence-corrected chi connectivity index (χ0v) is 14.8. The number of rotatable bonds is 3. The van der Waals surface area contributed by atoms with Crippen LogP contribution in [0.2, 0.25) is 0 Å². The van der Waals surface area contributed by atoms with Crippen molar-refractivity contribution in [3.05, 3.63) is 35.4 Å². The molecule has 2 amide bonds. The first-order valence-corrected chi connectivity index (χ1v) is 9.26. The van der Waals surface area contributed by atoms with Crippen molar-refractivity contribution in [3.63, 3.8) is 0 Å². The molecule has 4 heteroatoms. The highest BCUT2D eigenvalue weighted by atomic mass is 16.2. The average molecular weight is 328 g/mol. The molecule has 0 aromatic heterocycles. The Labute approximate surface area is 144 Å². The van der Waals surface area contributed by atoms with E-state index in [0.717, 1.165) is 37.8 Å². The largest absolute Gasteiger partial charge is 0.340 e. The van der Waals surface area contributed by atoms with Crippen molar-refractivity contribution in [1.29, 1.82) is 0 Å². The van der Waals surface area contributed by atoms with E-state index >= 15 is 0 Å². The highest BCUT2D eigenvalue weighted by Crippen LogP contribution is 2.33. The predicted molar refractivity (Wildman–Crippen MR) is 94.5 cm³/mol. The third-order valence-corrected chi connectivity index (χ3v) is 5.60. The molecule has 0 aliphatic carbocycles. The second kappa shape index (κ2) is 7.37. The smallest absolute Gasteiger partial charge is 0.225 e. The summed E-state index contributed by atoms with van der Waals surface area (Å²) in [6.07, 6.45) is 5.73. The van der Waals surface area contributed by atoms with Gasteiger partial charge in [0.25, 0.3) is 0 Å². The molecule has 0 N–H and O–H groups in total. The molecule has 1 aromatic carbocycles. The van der Waals surface area contributed by atoms with E-state index in [2.05, 4.69) is 24.0 Å². The van der Waals surface area contributed by atoms with Gasteiger partial charge in [0.15, 0.2) is 0 Å². The van der Waals surface area contributed by atoms with Crippen molar-refractivity contribution < 1.29 is 9.59 Å². The summed E-state index contributed by atoms with van der Waals surface area (Å²) in [5, 5.41) is 0. The summed E-state index contributed by atoms with van der Waals surface area (Å²) in [4.78, 5) is 29.0. The van der Waals surface area contributed by atoms with Gasteiger partial charge in [0, 0.05) is 26.1 Å². The zero-order chi connectivity index (χ0) is 17.1. The summed E-state index contributed by atoms with van der Waals surface area (Å²) in [5.74, 6) is 0.266. The number of hydrogen-bond donors (Lipinski definition) is 0. The van der Waals surface area contributed by atoms with Crippen molar-refractivity contribution in [2.24, 2.45) is 0 Å². The van der Waals surface area contributed by atoms with Crippen molar-refractivity contribution >= 4 is 11.8 Å². The van der Waals surface area contributed by atoms with Gasteiger partial charge in [-0.1, -0.05) is 31.2 Å². The van der Waals surface area contributed by atoms with Gasteiger partial charge in [0.1, 0.15) is 0 Å². The minimum atomic E-state index is -0.112. The number of benzene rings is 1. The van der Waals surface area contributed by atoms with Gasteiger partial charge in [-0.15, -0.1) is 0 Å². The first kappa shape index (κ1) is 17.0. The van der Waals surface area contributed by atoms with Crippen LogP contribution in [-0.4, -0.2) is 40.7 Å². The van der Waals surface area contributed by atoms with E-state index in [1.165, 1.54) is 12.0 Å². The lowest BCUT2D eigenvalue weighted by Crippen LogP contribution is -2.46. The summed E-state index contributed by atoms with van der Waals surface area (Å²) in [6.45, 7) is 5.35. The lowest BCUT2D eigenvalue weighted by atomic mass is 9.89. The molecule has 24 heavy (non-hydrogen) atoms. The molecule has 3 rings (SSSR count). The minimum Gasteiger partial charge on any atom is -0.340 e. The summed E-state index contributed by atoms with van der Waals surface area (Å²) in [5.41, 5.74) is 2.43. The fourth-order valence-corrected chi connectivity index (χ4v) is 4.28. The number of likely N-dealkylation sites (tertiary alicyclic amines) is 1. The molecule has 2 unspecified atom stereocenters. The van der Waals surface area contributed by atoms with E-state index in [9.17, 15) is 9.59 Å². The van der Waals surface area contributed by atoms with Crippen molar-refractivity contribution in [1.82, 2.24) is 9.80 Å². The van der Waals surface area contributed by atoms with Crippen LogP contribution < -0.4 is 0 Å². The van der Waals surface area contributed by atoms with E-state index in [4.69, 9.17) is 0 Å². The third-order valence-electron chi connectivity index (χ3n) is 5.60. The second-order valence-electron chi connectivity index (χ2n) is 7.03. The number of hydrogen-bond acceptors (Lipinski definition) is 2. The Hall–Kier alpha value is -1.84. The molecule has 1 fully saturated rings. The maximum absolute atomic E-state index is 13.0. The first-order chi connectivity index (χ1) is 11.6. The van der Waals surface area contributed by atoms with Crippen molar-refractivity contribution in [3.8, 4) is 0 Å². The Balaban J connectivity index is 1.82. The van der Waals surface area contributed by atoms with Crippen LogP contribution in [0.5, 0.6) is 0 Å². The van der Waals surface area contributed by atoms with Crippen molar-refractivity contribution in [2.45, 2.75) is 64.5 Å². The van der Waals surface area contributed by atoms with E-state index in [-0.39, 0.29) is 17.9 Å². The quantitative estimate of drug-likeness (QED) is 0.854. The molecule has 0 radical (unpaired) electrons. The van der Waals surface area contributed by atoms with E-state index in [1.807, 2.05) is 17.0 Å². The van der Waals surface area contributed by atoms with Crippen LogP contribution in [0.15, 0.2) is 24.3 Å². The van der Waals surface area contributed by atoms with Gasteiger partial charge in [-0.2, -0.15) is 0 Å². The third kappa shape index (κ3) is 3.33. The lowest BCUT2D eigenvalue weighted by molar-refractivity contribution is -0.139. The molecule has 2 aliphatic rings. The highest BCUT2D eigenvalue weighted by Gasteiger charge is 2.33. The number of carbonyl (C=O) groups excluding carboxylic acids is 2. The molecular weight excluding hydrogens is 300 g/mol. The molecular formula is C20H28N2O2. The van der Waals surface area contributed by atoms with Gasteiger partial charge in [-0.25, -0.2) is 0 Å². The standard InChI is InChI=1S/C20H28N2O2/c1-3-17-9-6-7-12-22(17)20(24)14-19-18-10-5-4-8-16(18)11-13-21(19)15(2)23/h4-5,8,10,17,19H,3,6-7,9,11-14H2,1-2H3. The Kier molecular flexibility index (Phi) is 5.22. The van der Waals surface area contributed by atoms with Crippen LogP contribution in [0.25, 0.3) is 0 Å². The van der Waals surface area contributed by atoms with Gasteiger partial charge in [-0.05, 0) is 43.2 Å². The summed E-state index contributed by atoms with van der Waals surface area (Å²) >= 11 is 0. The fourth-order valence-electron chi connectivity index (χ4n) is 4.28. The van der Waals surface area contributed by atoms with Gasteiger partial charge in [0.2, 0.25) is 11.8 Å². The number of amides is 2. The molecule has 2 atom stereocenters. The first-order valence-electron chi connectivity index (χ1n) is 9.26. The maximum Gasteiger partial charge on any atom is 0.225 e. The summed E-state index contributed by atoms with van der Waals surface area (Å²) < 4.78 is 0. The van der Waals surface area contributed by atoms with Crippen LogP contribution in [0, 0.1) is 0 Å². The fraction of sp³-hybridized carbons (Fsp3) is 0.600. The summed E-state index contributed by atoms with van der Waals surface area (Å²) in [6, 6.07) is 8.51. The van der Waals surface area contributed by atoms with Crippen LogP contribution in [0.3, 0.4) is 0 Å². The molecule has 0 saturated carbocycles. The molecule has 130 valence electrons. The van der Waals surface area contributed by atoms with Crippen LogP contribution >= 0.6 is 0 Å². The Morgan fingerprint density at radius 3 is 2.67 bits per heavy atom. The number of fused-ring (bicyclic) bond motifs is 1. The van der Waals surface area contributed by atoms with Gasteiger partial charge in [-0.3, -0.25) is 9.59 Å². The SMILES string of the molecule is CCC1CCCCN1C(=O)CC1c2ccccc2CCN1C(C)=O. The highest BCUT2D eigenvalue weighted by molar-refractivity contribution is 5.80. The van der Waals surface area contributed by atoms with Crippen LogP contribution in [0.1, 0.15) is 63.1 Å². The van der Waals surface area contributed by atoms with Crippen LogP contribution in [-0.2, 0) is 16.0 Å². The number of nitrogens with zero attached hydrogens (tertiary/aromatic N) is 2. The van der Waals surface area contributed by atoms with E-state index in [0.29, 0.717) is 19.0 Å². The maximum atomic E-state index is 13.0. The molecule has 0 bridgehead atoms. The van der Waals surface area contributed by atoms with Gasteiger partial charge in [0.05, 0.1) is 12.5 Å². The number of piperidine rings is 1. The van der Waals surface area contributed by atoms with Crippen molar-refractivity contribution in [2.75, 3.05) is 13.1 Å². The number of carbonyl (C=O) groups is 2. The Bertz CT molecular complexity index is 613. The monoisotopic (exact) mass is 328 g/mol. The average Bonchev–Trinajstić information content (AvgIpc) is 2.61. The van der Waals surface area contributed by atoms with E-state index < -0.39 is 0 Å². The normalized spacial score (nSPS) is 23.8. The van der Waals surface area contributed by atoms with Gasteiger partial charge < -0.3 is 9.80 Å². The Morgan fingerprint density at radius 1 is 1.12 bits per heavy atom. The summed E-state index contributed by atoms with van der Waals surface area (Å²) in [7, 11) is 0. The zero-order valence-electron chi connectivity index (χ0n) is 14.8. The minimum absolute atomic E-state index is 0.0630. The lowest BCUT2D eigenvalue weighted by Gasteiger charge is -2.40. The molecule has 2 heterocycles. The molecule has 2 aliphatic heterocycles. The predicted octanol–water partition coefficient (Wildman–Crippen LogP) is 3.31. The van der Waals surface area contributed by atoms with Crippen LogP contribution in [0.4, 0.5) is 0 Å². The molecule has 0 spiro atoms.